The van der Waals surface area contributed by atoms with Crippen LogP contribution in [0.15, 0.2) is 52.2 Å². The molecule has 0 fully saturated rings. The van der Waals surface area contributed by atoms with Gasteiger partial charge in [0, 0.05) is 11.8 Å². The molecular weight excluding hydrogens is 360 g/mol. The molecule has 3 aromatic rings. The number of thioether (sulfide) groups is 1. The number of anilines is 1. The minimum Gasteiger partial charge on any atom is -0.411 e. The van der Waals surface area contributed by atoms with Gasteiger partial charge >= 0.3 is 0 Å². The van der Waals surface area contributed by atoms with E-state index in [-0.39, 0.29) is 11.1 Å². The molecular formula is C17H15ClN4O2S. The maximum absolute atomic E-state index is 12.3. The summed E-state index contributed by atoms with van der Waals surface area (Å²) < 4.78 is 5.67. The van der Waals surface area contributed by atoms with Crippen molar-refractivity contribution < 1.29 is 9.21 Å². The highest BCUT2D eigenvalue weighted by atomic mass is 35.5. The quantitative estimate of drug-likeness (QED) is 0.532. The fourth-order valence-corrected chi connectivity index (χ4v) is 2.95. The molecule has 1 atom stereocenters. The second-order valence-electron chi connectivity index (χ2n) is 5.28. The predicted octanol–water partition coefficient (Wildman–Crippen LogP) is 4.21. The Morgan fingerprint density at radius 2 is 2.04 bits per heavy atom. The smallest absolute Gasteiger partial charge is 0.277 e. The summed E-state index contributed by atoms with van der Waals surface area (Å²) in [5.41, 5.74) is 2.38. The molecule has 0 saturated carbocycles. The molecule has 2 aromatic heterocycles. The van der Waals surface area contributed by atoms with E-state index in [1.165, 1.54) is 11.8 Å². The number of pyridine rings is 1. The van der Waals surface area contributed by atoms with Crippen LogP contribution in [0.4, 0.5) is 5.69 Å². The van der Waals surface area contributed by atoms with Crippen LogP contribution in [0, 0.1) is 6.92 Å². The van der Waals surface area contributed by atoms with Crippen molar-refractivity contribution in [2.24, 2.45) is 0 Å². The van der Waals surface area contributed by atoms with Crippen molar-refractivity contribution in [3.8, 4) is 11.5 Å². The number of carbonyl (C=O) groups is 1. The van der Waals surface area contributed by atoms with Gasteiger partial charge in [-0.15, -0.1) is 10.2 Å². The summed E-state index contributed by atoms with van der Waals surface area (Å²) in [6, 6.07) is 11.1. The van der Waals surface area contributed by atoms with Gasteiger partial charge in [0.2, 0.25) is 11.8 Å². The van der Waals surface area contributed by atoms with Gasteiger partial charge in [0.25, 0.3) is 5.22 Å². The lowest BCUT2D eigenvalue weighted by atomic mass is 10.1. The van der Waals surface area contributed by atoms with Crippen molar-refractivity contribution in [1.29, 1.82) is 0 Å². The normalized spacial score (nSPS) is 12.0. The van der Waals surface area contributed by atoms with E-state index in [0.29, 0.717) is 16.8 Å². The van der Waals surface area contributed by atoms with E-state index in [1.807, 2.05) is 31.2 Å². The number of halogens is 1. The summed E-state index contributed by atoms with van der Waals surface area (Å²) in [5.74, 6) is 0.207. The number of amides is 1. The van der Waals surface area contributed by atoms with Gasteiger partial charge in [-0.25, -0.2) is 4.98 Å². The van der Waals surface area contributed by atoms with Crippen LogP contribution in [0.5, 0.6) is 0 Å². The third kappa shape index (κ3) is 4.18. The highest BCUT2D eigenvalue weighted by Gasteiger charge is 2.20. The third-order valence-corrected chi connectivity index (χ3v) is 4.68. The molecule has 0 aliphatic carbocycles. The van der Waals surface area contributed by atoms with Gasteiger partial charge in [0.05, 0.1) is 10.9 Å². The lowest BCUT2D eigenvalue weighted by molar-refractivity contribution is -0.115. The van der Waals surface area contributed by atoms with Crippen LogP contribution in [-0.4, -0.2) is 26.3 Å². The number of aryl methyl sites for hydroxylation is 1. The molecule has 0 aliphatic rings. The average molecular weight is 375 g/mol. The van der Waals surface area contributed by atoms with Gasteiger partial charge in [-0.2, -0.15) is 0 Å². The van der Waals surface area contributed by atoms with Crippen LogP contribution in [-0.2, 0) is 4.79 Å². The zero-order valence-corrected chi connectivity index (χ0v) is 15.1. The fourth-order valence-electron chi connectivity index (χ4n) is 2.10. The van der Waals surface area contributed by atoms with Crippen molar-refractivity contribution in [3.05, 3.63) is 53.3 Å². The number of aromatic nitrogens is 3. The lowest BCUT2D eigenvalue weighted by Gasteiger charge is -2.10. The van der Waals surface area contributed by atoms with Crippen molar-refractivity contribution in [1.82, 2.24) is 15.2 Å². The second kappa shape index (κ2) is 7.67. The number of carbonyl (C=O) groups excluding carboxylic acids is 1. The number of hydrogen-bond donors (Lipinski definition) is 1. The molecule has 128 valence electrons. The number of nitrogens with zero attached hydrogens (tertiary/aromatic N) is 3. The molecule has 0 bridgehead atoms. The minimum absolute atomic E-state index is 0.226. The Bertz CT molecular complexity index is 900. The molecule has 0 saturated heterocycles. The first kappa shape index (κ1) is 17.4. The van der Waals surface area contributed by atoms with E-state index in [2.05, 4.69) is 20.5 Å². The molecule has 0 radical (unpaired) electrons. The zero-order valence-electron chi connectivity index (χ0n) is 13.6. The van der Waals surface area contributed by atoms with Crippen LogP contribution >= 0.6 is 23.4 Å². The Morgan fingerprint density at radius 1 is 1.24 bits per heavy atom. The van der Waals surface area contributed by atoms with Crippen LogP contribution in [0.3, 0.4) is 0 Å². The number of hydrogen-bond acceptors (Lipinski definition) is 6. The Morgan fingerprint density at radius 3 is 2.80 bits per heavy atom. The molecule has 1 aromatic carbocycles. The third-order valence-electron chi connectivity index (χ3n) is 3.45. The van der Waals surface area contributed by atoms with Crippen molar-refractivity contribution in [3.63, 3.8) is 0 Å². The van der Waals surface area contributed by atoms with Crippen molar-refractivity contribution in [2.45, 2.75) is 24.3 Å². The molecule has 0 spiro atoms. The summed E-state index contributed by atoms with van der Waals surface area (Å²) in [6.45, 7) is 3.72. The largest absolute Gasteiger partial charge is 0.411 e. The highest BCUT2D eigenvalue weighted by Crippen LogP contribution is 2.28. The standard InChI is InChI=1S/C17H15ClN4O2S/c1-10-6-3-4-7-12(10)16-21-22-17(24-16)25-11(2)15(23)20-13-8-5-9-19-14(13)18/h3-9,11H,1-2H3,(H,20,23)/t11-/m0/s1. The van der Waals surface area contributed by atoms with Crippen LogP contribution in [0.25, 0.3) is 11.5 Å². The number of rotatable bonds is 5. The lowest BCUT2D eigenvalue weighted by Crippen LogP contribution is -2.22. The van der Waals surface area contributed by atoms with E-state index in [9.17, 15) is 4.79 Å². The van der Waals surface area contributed by atoms with E-state index < -0.39 is 5.25 Å². The van der Waals surface area contributed by atoms with Gasteiger partial charge in [0.1, 0.15) is 0 Å². The minimum atomic E-state index is -0.443. The summed E-state index contributed by atoms with van der Waals surface area (Å²) >= 11 is 7.13. The first-order valence-corrected chi connectivity index (χ1v) is 8.78. The molecule has 0 aliphatic heterocycles. The van der Waals surface area contributed by atoms with Gasteiger partial charge in [-0.3, -0.25) is 4.79 Å². The van der Waals surface area contributed by atoms with Crippen LogP contribution in [0.1, 0.15) is 12.5 Å². The number of nitrogens with one attached hydrogen (secondary N) is 1. The topological polar surface area (TPSA) is 80.9 Å². The summed E-state index contributed by atoms with van der Waals surface area (Å²) in [7, 11) is 0. The SMILES string of the molecule is Cc1ccccc1-c1nnc(S[C@@H](C)C(=O)Nc2cccnc2Cl)o1. The Kier molecular flexibility index (Phi) is 5.35. The van der Waals surface area contributed by atoms with Gasteiger partial charge in [0.15, 0.2) is 5.15 Å². The van der Waals surface area contributed by atoms with E-state index in [4.69, 9.17) is 16.0 Å². The Balaban J connectivity index is 1.67. The van der Waals surface area contributed by atoms with E-state index in [0.717, 1.165) is 11.1 Å². The van der Waals surface area contributed by atoms with Gasteiger partial charge in [-0.05, 0) is 37.6 Å². The molecule has 3 rings (SSSR count). The maximum atomic E-state index is 12.3. The Hall–Kier alpha value is -2.38. The second-order valence-corrected chi connectivity index (χ2v) is 6.93. The first-order chi connectivity index (χ1) is 12.0. The zero-order chi connectivity index (χ0) is 17.8. The predicted molar refractivity (Wildman–Crippen MR) is 97.7 cm³/mol. The maximum Gasteiger partial charge on any atom is 0.277 e. The fraction of sp³-hybridized carbons (Fsp3) is 0.176. The van der Waals surface area contributed by atoms with Gasteiger partial charge in [-0.1, -0.05) is 41.6 Å². The van der Waals surface area contributed by atoms with Crippen molar-refractivity contribution >= 4 is 35.0 Å². The number of benzene rings is 1. The summed E-state index contributed by atoms with van der Waals surface area (Å²) in [5, 5.41) is 10.9. The van der Waals surface area contributed by atoms with Crippen LogP contribution < -0.4 is 5.32 Å². The molecule has 1 N–H and O–H groups in total. The summed E-state index contributed by atoms with van der Waals surface area (Å²) in [4.78, 5) is 16.2. The molecule has 25 heavy (non-hydrogen) atoms. The molecule has 0 unspecified atom stereocenters. The highest BCUT2D eigenvalue weighted by molar-refractivity contribution is 8.00. The molecule has 6 nitrogen and oxygen atoms in total. The summed E-state index contributed by atoms with van der Waals surface area (Å²) in [6.07, 6.45) is 1.56. The monoisotopic (exact) mass is 374 g/mol. The average Bonchev–Trinajstić information content (AvgIpc) is 3.05. The van der Waals surface area contributed by atoms with E-state index in [1.54, 1.807) is 25.3 Å². The van der Waals surface area contributed by atoms with Crippen LogP contribution in [0.2, 0.25) is 5.15 Å². The Labute approximate surface area is 154 Å². The van der Waals surface area contributed by atoms with Gasteiger partial charge < -0.3 is 9.73 Å². The van der Waals surface area contributed by atoms with Crippen molar-refractivity contribution in [2.75, 3.05) is 5.32 Å². The van der Waals surface area contributed by atoms with E-state index >= 15 is 0 Å². The first-order valence-electron chi connectivity index (χ1n) is 7.52. The molecule has 8 heteroatoms. The molecule has 2 heterocycles. The molecule has 1 amide bonds.